The van der Waals surface area contributed by atoms with Gasteiger partial charge in [-0.15, -0.1) is 0 Å². The summed E-state index contributed by atoms with van der Waals surface area (Å²) in [5, 5.41) is 10.3. The summed E-state index contributed by atoms with van der Waals surface area (Å²) >= 11 is 5.38. The number of carbonyl (C=O) groups is 1. The van der Waals surface area contributed by atoms with Crippen LogP contribution < -0.4 is 15.5 Å². The molecule has 0 radical (unpaired) electrons. The monoisotopic (exact) mass is 962 g/mol. The second-order valence-corrected chi connectivity index (χ2v) is 16.6. The molecule has 14 nitrogen and oxygen atoms in total. The fraction of sp³-hybridized carbons (Fsp3) is 0.275. The zero-order chi connectivity index (χ0) is 48.6. The molecule has 0 bridgehead atoms. The minimum absolute atomic E-state index is 0.0515. The number of piperidine rings is 2. The van der Waals surface area contributed by atoms with Gasteiger partial charge < -0.3 is 29.4 Å². The summed E-state index contributed by atoms with van der Waals surface area (Å²) in [6.45, 7) is 4.80. The van der Waals surface area contributed by atoms with Crippen molar-refractivity contribution in [3.63, 3.8) is 0 Å². The number of halogens is 4. The minimum atomic E-state index is -4.82. The van der Waals surface area contributed by atoms with Crippen LogP contribution in [-0.2, 0) is 35.3 Å². The normalized spacial score (nSPS) is 14.3. The quantitative estimate of drug-likeness (QED) is 0.0500. The average Bonchev–Trinajstić information content (AvgIpc) is 3.85. The van der Waals surface area contributed by atoms with E-state index in [2.05, 4.69) is 41.9 Å². The zero-order valence-electron chi connectivity index (χ0n) is 37.5. The Bertz CT molecular complexity index is 2670. The van der Waals surface area contributed by atoms with Crippen molar-refractivity contribution in [1.29, 1.82) is 0 Å². The topological polar surface area (TPSA) is 176 Å². The third kappa shape index (κ3) is 14.9. The molecular weight excluding hydrogens is 913 g/mol. The van der Waals surface area contributed by atoms with Gasteiger partial charge >= 0.3 is 6.18 Å². The number of ketones is 1. The Hall–Kier alpha value is -7.21. The molecule has 3 aromatic carbocycles. The molecule has 358 valence electrons. The Balaban J connectivity index is 0.000000188. The Labute approximate surface area is 402 Å². The Morgan fingerprint density at radius 3 is 1.67 bits per heavy atom. The largest absolute Gasteiger partial charge is 0.437 e. The summed E-state index contributed by atoms with van der Waals surface area (Å²) in [5.41, 5.74) is 8.24. The van der Waals surface area contributed by atoms with E-state index < -0.39 is 28.3 Å². The molecule has 6 heterocycles. The minimum Gasteiger partial charge on any atom is -0.432 e. The summed E-state index contributed by atoms with van der Waals surface area (Å²) in [6, 6.07) is 38.6. The lowest BCUT2D eigenvalue weighted by atomic mass is 10.1. The van der Waals surface area contributed by atoms with E-state index in [1.54, 1.807) is 48.7 Å². The number of alkyl halides is 3. The number of nitrogen functional groups attached to an aromatic ring is 1. The zero-order valence-corrected chi connectivity index (χ0v) is 38.2. The molecule has 18 heteroatoms. The van der Waals surface area contributed by atoms with E-state index in [4.69, 9.17) is 31.2 Å². The van der Waals surface area contributed by atoms with Crippen molar-refractivity contribution in [2.45, 2.75) is 63.7 Å². The van der Waals surface area contributed by atoms with Crippen LogP contribution in [0.15, 0.2) is 150 Å². The number of carbonyl (C=O) groups excluding carboxylic acids is 1. The SMILES string of the molecule is Nc1ccc(N2CCC(OCc3ccccc3)CC2)nc1.O=C(Cc1ccc(N2CCC(OCc3ccccc3)CC2)nc1)c1oc(-c2ccccc2)nc1C(F)(F)F.O=[N+]([O-])c1ccc(Cl)nc1. The number of benzene rings is 3. The molecule has 0 atom stereocenters. The summed E-state index contributed by atoms with van der Waals surface area (Å²) in [4.78, 5) is 42.7. The number of rotatable bonds is 13. The van der Waals surface area contributed by atoms with Crippen LogP contribution in [0.3, 0.4) is 0 Å². The van der Waals surface area contributed by atoms with Gasteiger partial charge in [0.25, 0.3) is 5.69 Å². The van der Waals surface area contributed by atoms with Gasteiger partial charge in [0.05, 0.1) is 42.2 Å². The van der Waals surface area contributed by atoms with Gasteiger partial charge in [-0.1, -0.05) is 96.5 Å². The van der Waals surface area contributed by atoms with E-state index in [1.807, 2.05) is 60.7 Å². The van der Waals surface area contributed by atoms with E-state index in [9.17, 15) is 28.1 Å². The van der Waals surface area contributed by atoms with Crippen molar-refractivity contribution in [3.05, 3.63) is 189 Å². The number of Topliss-reactive ketones (excluding diaryl/α,β-unsaturated/α-hetero) is 1. The lowest BCUT2D eigenvalue weighted by molar-refractivity contribution is -0.385. The van der Waals surface area contributed by atoms with Crippen molar-refractivity contribution in [2.75, 3.05) is 41.7 Å². The molecule has 69 heavy (non-hydrogen) atoms. The van der Waals surface area contributed by atoms with Crippen LogP contribution in [0.4, 0.5) is 36.2 Å². The number of oxazole rings is 1. The lowest BCUT2D eigenvalue weighted by Crippen LogP contribution is -2.37. The fourth-order valence-corrected chi connectivity index (χ4v) is 7.63. The van der Waals surface area contributed by atoms with Gasteiger partial charge in [-0.05, 0) is 78.8 Å². The first-order chi connectivity index (χ1) is 33.4. The Morgan fingerprint density at radius 1 is 0.696 bits per heavy atom. The van der Waals surface area contributed by atoms with E-state index >= 15 is 0 Å². The van der Waals surface area contributed by atoms with E-state index in [0.29, 0.717) is 36.1 Å². The number of nitrogens with two attached hydrogens (primary N) is 1. The molecule has 7 aromatic rings. The molecule has 0 saturated carbocycles. The van der Waals surface area contributed by atoms with Gasteiger partial charge in [-0.3, -0.25) is 14.9 Å². The Morgan fingerprint density at radius 2 is 1.22 bits per heavy atom. The maximum Gasteiger partial charge on any atom is 0.437 e. The van der Waals surface area contributed by atoms with Gasteiger partial charge in [0.2, 0.25) is 17.4 Å². The number of anilines is 3. The van der Waals surface area contributed by atoms with Crippen molar-refractivity contribution in [3.8, 4) is 11.5 Å². The predicted octanol–water partition coefficient (Wildman–Crippen LogP) is 10.9. The lowest BCUT2D eigenvalue weighted by Gasteiger charge is -2.32. The molecule has 9 rings (SSSR count). The van der Waals surface area contributed by atoms with E-state index in [1.165, 1.54) is 23.9 Å². The van der Waals surface area contributed by atoms with Crippen LogP contribution in [0.2, 0.25) is 5.15 Å². The van der Waals surface area contributed by atoms with Crippen molar-refractivity contribution in [2.24, 2.45) is 0 Å². The van der Waals surface area contributed by atoms with Gasteiger partial charge in [0.15, 0.2) is 5.69 Å². The van der Waals surface area contributed by atoms with Crippen LogP contribution >= 0.6 is 11.6 Å². The van der Waals surface area contributed by atoms with Crippen molar-refractivity contribution in [1.82, 2.24) is 19.9 Å². The fourth-order valence-electron chi connectivity index (χ4n) is 7.52. The molecule has 4 aromatic heterocycles. The van der Waals surface area contributed by atoms with Gasteiger partial charge in [0.1, 0.15) is 23.0 Å². The van der Waals surface area contributed by atoms with Crippen molar-refractivity contribution < 1.29 is 36.8 Å². The third-order valence-corrected chi connectivity index (χ3v) is 11.4. The molecular formula is C51H50ClF3N8O6. The van der Waals surface area contributed by atoms with Gasteiger partial charge in [-0.2, -0.15) is 13.2 Å². The van der Waals surface area contributed by atoms with Crippen LogP contribution in [0.5, 0.6) is 0 Å². The summed E-state index contributed by atoms with van der Waals surface area (Å²) in [6.07, 6.45) is 3.58. The first kappa shape index (κ1) is 49.7. The molecule has 0 unspecified atom stereocenters. The highest BCUT2D eigenvalue weighted by atomic mass is 35.5. The van der Waals surface area contributed by atoms with Crippen LogP contribution in [0.1, 0.15) is 58.6 Å². The maximum atomic E-state index is 13.6. The average molecular weight is 963 g/mol. The predicted molar refractivity (Wildman–Crippen MR) is 257 cm³/mol. The number of hydrogen-bond donors (Lipinski definition) is 1. The standard InChI is InChI=1S/C29H26F3N3O3.C17H21N3O.C5H3ClN2O2/c30-29(31,32)27-26(38-28(34-27)22-9-5-2-6-10-22)24(36)17-21-11-12-25(33-18-21)35-15-13-23(14-16-35)37-19-20-7-3-1-4-8-20;18-15-6-7-17(19-12-15)20-10-8-16(9-11-20)21-13-14-4-2-1-3-5-14;6-5-2-1-4(3-7-5)8(9)10/h1-12,18,23H,13-17,19H2;1-7,12,16H,8-11,13,18H2;1-3H. The second kappa shape index (κ2) is 24.2. The smallest absolute Gasteiger partial charge is 0.432 e. The molecule has 0 spiro atoms. The Kier molecular flexibility index (Phi) is 17.4. The summed E-state index contributed by atoms with van der Waals surface area (Å²) in [7, 11) is 0. The number of pyridine rings is 3. The molecule has 2 fully saturated rings. The van der Waals surface area contributed by atoms with Crippen LogP contribution in [0.25, 0.3) is 11.5 Å². The number of nitro groups is 1. The van der Waals surface area contributed by atoms with E-state index in [-0.39, 0.29) is 29.3 Å². The first-order valence-electron chi connectivity index (χ1n) is 22.3. The molecule has 2 saturated heterocycles. The highest BCUT2D eigenvalue weighted by Crippen LogP contribution is 2.35. The number of aromatic nitrogens is 4. The third-order valence-electron chi connectivity index (χ3n) is 11.2. The number of nitrogens with zero attached hydrogens (tertiary/aromatic N) is 7. The molecule has 2 aliphatic heterocycles. The summed E-state index contributed by atoms with van der Waals surface area (Å²) in [5.74, 6) is -0.0859. The number of ether oxygens (including phenoxy) is 2. The van der Waals surface area contributed by atoms with Gasteiger partial charge in [-0.25, -0.2) is 19.9 Å². The highest BCUT2D eigenvalue weighted by Gasteiger charge is 2.41. The molecule has 2 N–H and O–H groups in total. The van der Waals surface area contributed by atoms with Crippen LogP contribution in [0, 0.1) is 10.1 Å². The molecule has 0 amide bonds. The van der Waals surface area contributed by atoms with Gasteiger partial charge in [0, 0.05) is 50.4 Å². The first-order valence-corrected chi connectivity index (χ1v) is 22.7. The molecule has 2 aliphatic rings. The summed E-state index contributed by atoms with van der Waals surface area (Å²) < 4.78 is 58.2. The second-order valence-electron chi connectivity index (χ2n) is 16.2. The van der Waals surface area contributed by atoms with E-state index in [0.717, 1.165) is 75.3 Å². The van der Waals surface area contributed by atoms with Crippen molar-refractivity contribution >= 4 is 40.4 Å². The molecule has 0 aliphatic carbocycles. The highest BCUT2D eigenvalue weighted by molar-refractivity contribution is 6.29. The maximum absolute atomic E-state index is 13.6. The van der Waals surface area contributed by atoms with Crippen LogP contribution in [-0.4, -0.2) is 69.0 Å². The number of hydrogen-bond acceptors (Lipinski definition) is 13.